The van der Waals surface area contributed by atoms with Crippen molar-refractivity contribution in [3.8, 4) is 16.9 Å². The van der Waals surface area contributed by atoms with Gasteiger partial charge in [0.05, 0.1) is 5.39 Å². The van der Waals surface area contributed by atoms with E-state index >= 15 is 0 Å². The average Bonchev–Trinajstić information content (AvgIpc) is 3.22. The lowest BCUT2D eigenvalue weighted by Gasteiger charge is -2.36. The van der Waals surface area contributed by atoms with Gasteiger partial charge in [-0.3, -0.25) is 9.59 Å². The third-order valence-electron chi connectivity index (χ3n) is 6.54. The first-order chi connectivity index (χ1) is 17.5. The van der Waals surface area contributed by atoms with Crippen molar-refractivity contribution in [1.29, 1.82) is 0 Å². The Morgan fingerprint density at radius 2 is 1.83 bits per heavy atom. The summed E-state index contributed by atoms with van der Waals surface area (Å²) in [6, 6.07) is 18.2. The smallest absolute Gasteiger partial charge is 0.222 e. The van der Waals surface area contributed by atoms with Gasteiger partial charge in [0, 0.05) is 38.2 Å². The van der Waals surface area contributed by atoms with E-state index in [2.05, 4.69) is 31.4 Å². The summed E-state index contributed by atoms with van der Waals surface area (Å²) in [5, 5.41) is 6.58. The van der Waals surface area contributed by atoms with Crippen LogP contribution in [0.5, 0.6) is 5.75 Å². The van der Waals surface area contributed by atoms with Crippen LogP contribution in [0.1, 0.15) is 38.3 Å². The van der Waals surface area contributed by atoms with E-state index in [0.29, 0.717) is 24.9 Å². The number of aromatic nitrogens is 3. The number of rotatable bonds is 8. The fraction of sp³-hybridized carbons (Fsp3) is 0.286. The zero-order valence-corrected chi connectivity index (χ0v) is 20.4. The molecule has 2 aromatic heterocycles. The summed E-state index contributed by atoms with van der Waals surface area (Å²) in [5.74, 6) is 1.49. The third kappa shape index (κ3) is 5.07. The number of nitrogens with one attached hydrogen (secondary N) is 2. The van der Waals surface area contributed by atoms with Crippen molar-refractivity contribution in [2.45, 2.75) is 39.3 Å². The van der Waals surface area contributed by atoms with Gasteiger partial charge in [0.15, 0.2) is 0 Å². The van der Waals surface area contributed by atoms with Crippen LogP contribution in [0.4, 0.5) is 5.82 Å². The lowest BCUT2D eigenvalue weighted by molar-refractivity contribution is -0.119. The van der Waals surface area contributed by atoms with E-state index in [4.69, 9.17) is 4.74 Å². The molecule has 0 saturated heterocycles. The van der Waals surface area contributed by atoms with E-state index in [0.717, 1.165) is 46.3 Å². The van der Waals surface area contributed by atoms with Gasteiger partial charge in [-0.1, -0.05) is 42.5 Å². The van der Waals surface area contributed by atoms with Gasteiger partial charge in [-0.2, -0.15) is 0 Å². The molecule has 0 radical (unpaired) electrons. The summed E-state index contributed by atoms with van der Waals surface area (Å²) in [5.41, 5.74) is 3.77. The zero-order chi connectivity index (χ0) is 25.1. The van der Waals surface area contributed by atoms with Crippen LogP contribution in [0.15, 0.2) is 67.1 Å². The van der Waals surface area contributed by atoms with Crippen LogP contribution in [0.2, 0.25) is 0 Å². The Kier molecular flexibility index (Phi) is 6.66. The molecule has 1 fully saturated rings. The summed E-state index contributed by atoms with van der Waals surface area (Å²) >= 11 is 0. The molecule has 0 bridgehead atoms. The molecule has 36 heavy (non-hydrogen) atoms. The van der Waals surface area contributed by atoms with Crippen molar-refractivity contribution in [3.05, 3.63) is 72.7 Å². The van der Waals surface area contributed by atoms with E-state index in [-0.39, 0.29) is 17.9 Å². The maximum absolute atomic E-state index is 11.9. The van der Waals surface area contributed by atoms with Gasteiger partial charge in [-0.15, -0.1) is 0 Å². The van der Waals surface area contributed by atoms with Gasteiger partial charge in [0.25, 0.3) is 0 Å². The fourth-order valence-electron chi connectivity index (χ4n) is 4.72. The van der Waals surface area contributed by atoms with Crippen molar-refractivity contribution in [1.82, 2.24) is 19.9 Å². The Balaban J connectivity index is 1.47. The minimum Gasteiger partial charge on any atom is -0.489 e. The van der Waals surface area contributed by atoms with Gasteiger partial charge in [0.2, 0.25) is 11.8 Å². The predicted molar refractivity (Wildman–Crippen MR) is 138 cm³/mol. The van der Waals surface area contributed by atoms with Crippen molar-refractivity contribution in [2.24, 2.45) is 5.92 Å². The molecule has 2 N–H and O–H groups in total. The number of hydrogen-bond donors (Lipinski definition) is 2. The second-order valence-corrected chi connectivity index (χ2v) is 9.28. The second-order valence-electron chi connectivity index (χ2n) is 9.28. The maximum atomic E-state index is 11.9. The van der Waals surface area contributed by atoms with Crippen LogP contribution in [-0.4, -0.2) is 32.9 Å². The molecule has 184 valence electrons. The Morgan fingerprint density at radius 3 is 2.58 bits per heavy atom. The highest BCUT2D eigenvalue weighted by Crippen LogP contribution is 2.43. The third-order valence-corrected chi connectivity index (χ3v) is 6.54. The molecule has 1 aliphatic carbocycles. The number of amides is 2. The number of nitrogens with zero attached hydrogens (tertiary/aromatic N) is 3. The van der Waals surface area contributed by atoms with Gasteiger partial charge in [-0.05, 0) is 42.0 Å². The largest absolute Gasteiger partial charge is 0.489 e. The number of ether oxygens (including phenoxy) is 1. The molecule has 2 amide bonds. The molecule has 1 aliphatic rings. The summed E-state index contributed by atoms with van der Waals surface area (Å²) < 4.78 is 8.25. The second kappa shape index (κ2) is 10.2. The summed E-state index contributed by atoms with van der Waals surface area (Å²) in [7, 11) is 0. The Hall–Kier alpha value is -4.20. The first kappa shape index (κ1) is 23.5. The minimum absolute atomic E-state index is 0.00537. The Morgan fingerprint density at radius 1 is 1.03 bits per heavy atom. The lowest BCUT2D eigenvalue weighted by Crippen LogP contribution is -2.36. The molecular weight excluding hydrogens is 454 g/mol. The molecule has 0 spiro atoms. The van der Waals surface area contributed by atoms with Crippen molar-refractivity contribution < 1.29 is 14.3 Å². The number of benzene rings is 2. The van der Waals surface area contributed by atoms with Crippen LogP contribution in [-0.2, 0) is 16.2 Å². The first-order valence-corrected chi connectivity index (χ1v) is 12.1. The number of carbonyl (C=O) groups is 2. The molecule has 0 aliphatic heterocycles. The minimum atomic E-state index is -0.187. The fourth-order valence-corrected chi connectivity index (χ4v) is 4.72. The maximum Gasteiger partial charge on any atom is 0.222 e. The quantitative estimate of drug-likeness (QED) is 0.378. The van der Waals surface area contributed by atoms with Crippen LogP contribution in [0.25, 0.3) is 22.2 Å². The lowest BCUT2D eigenvalue weighted by atomic mass is 9.80. The highest BCUT2D eigenvalue weighted by atomic mass is 16.5. The predicted octanol–water partition coefficient (Wildman–Crippen LogP) is 4.72. The molecule has 1 saturated carbocycles. The molecule has 0 unspecified atom stereocenters. The molecule has 5 rings (SSSR count). The van der Waals surface area contributed by atoms with Gasteiger partial charge >= 0.3 is 0 Å². The SMILES string of the molecule is CC(=O)NCC1CC(n2cc(-c3cccc(OCc4ccccc4)c3)c3c(NC(C)=O)ncnc32)C1. The number of carbonyl (C=O) groups excluding carboxylic acids is 2. The molecule has 8 heteroatoms. The molecule has 0 atom stereocenters. The highest BCUT2D eigenvalue weighted by Gasteiger charge is 2.32. The highest BCUT2D eigenvalue weighted by molar-refractivity contribution is 6.05. The van der Waals surface area contributed by atoms with Crippen molar-refractivity contribution >= 4 is 28.7 Å². The van der Waals surface area contributed by atoms with E-state index < -0.39 is 0 Å². The molecule has 8 nitrogen and oxygen atoms in total. The Labute approximate surface area is 209 Å². The average molecular weight is 484 g/mol. The zero-order valence-electron chi connectivity index (χ0n) is 20.4. The number of anilines is 1. The molecule has 4 aromatic rings. The molecular formula is C28H29N5O3. The van der Waals surface area contributed by atoms with Crippen molar-refractivity contribution in [3.63, 3.8) is 0 Å². The van der Waals surface area contributed by atoms with Crippen LogP contribution < -0.4 is 15.4 Å². The van der Waals surface area contributed by atoms with E-state index in [1.807, 2.05) is 54.6 Å². The summed E-state index contributed by atoms with van der Waals surface area (Å²) in [4.78, 5) is 32.2. The van der Waals surface area contributed by atoms with Gasteiger partial charge in [0.1, 0.15) is 30.1 Å². The molecule has 2 heterocycles. The van der Waals surface area contributed by atoms with Gasteiger partial charge in [-0.25, -0.2) is 9.97 Å². The standard InChI is InChI=1S/C28H29N5O3/c1-18(34)29-14-21-11-23(12-21)33-15-25(26-27(32-19(2)35)30-17-31-28(26)33)22-9-6-10-24(13-22)36-16-20-7-4-3-5-8-20/h3-10,13,15,17,21,23H,11-12,14,16H2,1-2H3,(H,29,34)(H,30,31,32,35). The number of hydrogen-bond acceptors (Lipinski definition) is 5. The first-order valence-electron chi connectivity index (χ1n) is 12.1. The summed E-state index contributed by atoms with van der Waals surface area (Å²) in [6.07, 6.45) is 5.48. The topological polar surface area (TPSA) is 98.1 Å². The van der Waals surface area contributed by atoms with E-state index in [9.17, 15) is 9.59 Å². The van der Waals surface area contributed by atoms with Crippen LogP contribution in [0, 0.1) is 5.92 Å². The van der Waals surface area contributed by atoms with Crippen LogP contribution >= 0.6 is 0 Å². The summed E-state index contributed by atoms with van der Waals surface area (Å²) in [6.45, 7) is 4.18. The van der Waals surface area contributed by atoms with Crippen molar-refractivity contribution in [2.75, 3.05) is 11.9 Å². The van der Waals surface area contributed by atoms with E-state index in [1.54, 1.807) is 6.92 Å². The van der Waals surface area contributed by atoms with E-state index in [1.165, 1.54) is 13.3 Å². The monoisotopic (exact) mass is 483 g/mol. The Bertz CT molecular complexity index is 1390. The number of fused-ring (bicyclic) bond motifs is 1. The van der Waals surface area contributed by atoms with Crippen LogP contribution in [0.3, 0.4) is 0 Å². The molecule has 2 aromatic carbocycles. The normalized spacial score (nSPS) is 16.8. The van der Waals surface area contributed by atoms with Gasteiger partial charge < -0.3 is 19.9 Å².